The van der Waals surface area contributed by atoms with Crippen molar-refractivity contribution in [2.45, 2.75) is 19.4 Å². The summed E-state index contributed by atoms with van der Waals surface area (Å²) in [7, 11) is 1.47. The van der Waals surface area contributed by atoms with Gasteiger partial charge in [0.05, 0.1) is 24.2 Å². The van der Waals surface area contributed by atoms with E-state index in [1.54, 1.807) is 18.2 Å². The van der Waals surface area contributed by atoms with Gasteiger partial charge in [-0.05, 0) is 43.3 Å². The zero-order chi connectivity index (χ0) is 19.3. The van der Waals surface area contributed by atoms with Crippen molar-refractivity contribution in [1.29, 1.82) is 0 Å². The van der Waals surface area contributed by atoms with Gasteiger partial charge in [0.2, 0.25) is 0 Å². The molecule has 0 unspecified atom stereocenters. The quantitative estimate of drug-likeness (QED) is 0.737. The fourth-order valence-electron chi connectivity index (χ4n) is 2.16. The highest BCUT2D eigenvalue weighted by atomic mass is 35.5. The second-order valence-corrected chi connectivity index (χ2v) is 6.22. The Morgan fingerprint density at radius 1 is 1.19 bits per heavy atom. The van der Waals surface area contributed by atoms with Crippen molar-refractivity contribution in [3.63, 3.8) is 0 Å². The van der Waals surface area contributed by atoms with E-state index in [4.69, 9.17) is 32.7 Å². The Morgan fingerprint density at radius 3 is 2.58 bits per heavy atom. The fraction of sp³-hybridized carbons (Fsp3) is 0.222. The van der Waals surface area contributed by atoms with Gasteiger partial charge in [-0.2, -0.15) is 0 Å². The Morgan fingerprint density at radius 2 is 1.92 bits per heavy atom. The molecule has 26 heavy (non-hydrogen) atoms. The van der Waals surface area contributed by atoms with Crippen LogP contribution in [0.1, 0.15) is 12.5 Å². The highest BCUT2D eigenvalue weighted by molar-refractivity contribution is 6.33. The van der Waals surface area contributed by atoms with E-state index < -0.39 is 23.8 Å². The minimum Gasteiger partial charge on any atom is -0.496 e. The summed E-state index contributed by atoms with van der Waals surface area (Å²) in [5.74, 6) is -1.26. The first-order chi connectivity index (χ1) is 12.3. The van der Waals surface area contributed by atoms with Crippen LogP contribution in [0.3, 0.4) is 0 Å². The molecular weight excluding hydrogens is 384 g/mol. The normalized spacial score (nSPS) is 11.6. The van der Waals surface area contributed by atoms with Crippen molar-refractivity contribution in [3.8, 4) is 5.75 Å². The number of amides is 1. The maximum atomic E-state index is 13.0. The number of methoxy groups -OCH3 is 1. The maximum absolute atomic E-state index is 13.0. The van der Waals surface area contributed by atoms with Gasteiger partial charge >= 0.3 is 5.97 Å². The third-order valence-electron chi connectivity index (χ3n) is 3.44. The highest BCUT2D eigenvalue weighted by Gasteiger charge is 2.20. The molecule has 0 aromatic heterocycles. The first kappa shape index (κ1) is 20.0. The van der Waals surface area contributed by atoms with Gasteiger partial charge in [-0.3, -0.25) is 9.59 Å². The SMILES string of the molecule is COc1ccc(Cl)cc1CC(=O)O[C@@H](C)C(=O)Nc1ccc(F)cc1Cl. The van der Waals surface area contributed by atoms with Gasteiger partial charge in [-0.25, -0.2) is 4.39 Å². The van der Waals surface area contributed by atoms with Gasteiger partial charge in [0.15, 0.2) is 6.10 Å². The van der Waals surface area contributed by atoms with Crippen LogP contribution >= 0.6 is 23.2 Å². The van der Waals surface area contributed by atoms with E-state index in [9.17, 15) is 14.0 Å². The Bertz CT molecular complexity index is 829. The van der Waals surface area contributed by atoms with Gasteiger partial charge in [0.1, 0.15) is 11.6 Å². The van der Waals surface area contributed by atoms with Crippen LogP contribution in [0.2, 0.25) is 10.0 Å². The van der Waals surface area contributed by atoms with Crippen LogP contribution < -0.4 is 10.1 Å². The lowest BCUT2D eigenvalue weighted by molar-refractivity contribution is -0.152. The summed E-state index contributed by atoms with van der Waals surface area (Å²) < 4.78 is 23.3. The van der Waals surface area contributed by atoms with E-state index in [1.165, 1.54) is 20.1 Å². The molecule has 0 spiro atoms. The molecule has 2 aromatic carbocycles. The molecular formula is C18H16Cl2FNO4. The second kappa shape index (κ2) is 8.87. The van der Waals surface area contributed by atoms with Crippen LogP contribution in [0.4, 0.5) is 10.1 Å². The number of anilines is 1. The molecule has 0 aliphatic rings. The lowest BCUT2D eigenvalue weighted by Crippen LogP contribution is -2.30. The molecule has 2 rings (SSSR count). The summed E-state index contributed by atoms with van der Waals surface area (Å²) in [6.45, 7) is 1.42. The van der Waals surface area contributed by atoms with Crippen LogP contribution in [-0.2, 0) is 20.7 Å². The van der Waals surface area contributed by atoms with E-state index in [1.807, 2.05) is 0 Å². The van der Waals surface area contributed by atoms with Gasteiger partial charge in [-0.1, -0.05) is 23.2 Å². The van der Waals surface area contributed by atoms with Crippen LogP contribution in [-0.4, -0.2) is 25.1 Å². The molecule has 2 aromatic rings. The minimum absolute atomic E-state index is 0.0422. The van der Waals surface area contributed by atoms with Gasteiger partial charge in [0, 0.05) is 10.6 Å². The summed E-state index contributed by atoms with van der Waals surface area (Å²) in [5, 5.41) is 2.97. The number of carbonyl (C=O) groups is 2. The lowest BCUT2D eigenvalue weighted by atomic mass is 10.1. The number of nitrogens with one attached hydrogen (secondary N) is 1. The molecule has 0 fully saturated rings. The Balaban J connectivity index is 1.98. The zero-order valence-electron chi connectivity index (χ0n) is 14.0. The second-order valence-electron chi connectivity index (χ2n) is 5.38. The summed E-state index contributed by atoms with van der Waals surface area (Å²) >= 11 is 11.8. The first-order valence-electron chi connectivity index (χ1n) is 7.58. The smallest absolute Gasteiger partial charge is 0.311 e. The number of benzene rings is 2. The Labute approximate surface area is 160 Å². The van der Waals surface area contributed by atoms with Crippen molar-refractivity contribution in [2.24, 2.45) is 0 Å². The number of ether oxygens (including phenoxy) is 2. The molecule has 5 nitrogen and oxygen atoms in total. The van der Waals surface area contributed by atoms with Gasteiger partial charge in [-0.15, -0.1) is 0 Å². The average Bonchev–Trinajstić information content (AvgIpc) is 2.57. The van der Waals surface area contributed by atoms with E-state index >= 15 is 0 Å². The number of hydrogen-bond donors (Lipinski definition) is 1. The third-order valence-corrected chi connectivity index (χ3v) is 3.99. The molecule has 8 heteroatoms. The molecule has 0 radical (unpaired) electrons. The van der Waals surface area contributed by atoms with Crippen molar-refractivity contribution in [2.75, 3.05) is 12.4 Å². The van der Waals surface area contributed by atoms with E-state index in [0.29, 0.717) is 16.3 Å². The van der Waals surface area contributed by atoms with Crippen LogP contribution in [0, 0.1) is 5.82 Å². The third kappa shape index (κ3) is 5.34. The fourth-order valence-corrected chi connectivity index (χ4v) is 2.57. The number of rotatable bonds is 6. The number of carbonyl (C=O) groups excluding carboxylic acids is 2. The van der Waals surface area contributed by atoms with E-state index in [-0.39, 0.29) is 17.1 Å². The summed E-state index contributed by atoms with van der Waals surface area (Å²) in [4.78, 5) is 24.2. The maximum Gasteiger partial charge on any atom is 0.311 e. The van der Waals surface area contributed by atoms with Crippen molar-refractivity contribution in [3.05, 3.63) is 57.8 Å². The first-order valence-corrected chi connectivity index (χ1v) is 8.33. The Hall–Kier alpha value is -2.31. The van der Waals surface area contributed by atoms with Crippen molar-refractivity contribution >= 4 is 40.8 Å². The highest BCUT2D eigenvalue weighted by Crippen LogP contribution is 2.24. The van der Waals surface area contributed by atoms with Crippen molar-refractivity contribution in [1.82, 2.24) is 0 Å². The number of hydrogen-bond acceptors (Lipinski definition) is 4. The average molecular weight is 400 g/mol. The Kier molecular flexibility index (Phi) is 6.83. The van der Waals surface area contributed by atoms with E-state index in [2.05, 4.69) is 5.32 Å². The van der Waals surface area contributed by atoms with E-state index in [0.717, 1.165) is 12.1 Å². The number of esters is 1. The molecule has 138 valence electrons. The standard InChI is InChI=1S/C18H16Cl2FNO4/c1-10(18(24)22-15-5-4-13(21)9-14(15)20)26-17(23)8-11-7-12(19)3-6-16(11)25-2/h3-7,9-10H,8H2,1-2H3,(H,22,24)/t10-/m0/s1. The minimum atomic E-state index is -1.08. The lowest BCUT2D eigenvalue weighted by Gasteiger charge is -2.15. The molecule has 1 amide bonds. The monoisotopic (exact) mass is 399 g/mol. The zero-order valence-corrected chi connectivity index (χ0v) is 15.5. The summed E-state index contributed by atoms with van der Waals surface area (Å²) in [6.07, 6.45) is -1.19. The summed E-state index contributed by atoms with van der Waals surface area (Å²) in [5.41, 5.74) is 0.761. The van der Waals surface area contributed by atoms with Gasteiger partial charge < -0.3 is 14.8 Å². The van der Waals surface area contributed by atoms with Gasteiger partial charge in [0.25, 0.3) is 5.91 Å². The topological polar surface area (TPSA) is 64.6 Å². The predicted octanol–water partition coefficient (Wildman–Crippen LogP) is 4.25. The molecule has 0 heterocycles. The molecule has 0 saturated carbocycles. The predicted molar refractivity (Wildman–Crippen MR) is 97.3 cm³/mol. The molecule has 1 N–H and O–H groups in total. The molecule has 1 atom stereocenters. The number of halogens is 3. The van der Waals surface area contributed by atoms with Crippen LogP contribution in [0.25, 0.3) is 0 Å². The van der Waals surface area contributed by atoms with Crippen molar-refractivity contribution < 1.29 is 23.5 Å². The molecule has 0 saturated heterocycles. The van der Waals surface area contributed by atoms with Crippen LogP contribution in [0.5, 0.6) is 5.75 Å². The molecule has 0 aliphatic carbocycles. The molecule has 0 aliphatic heterocycles. The molecule has 0 bridgehead atoms. The largest absolute Gasteiger partial charge is 0.496 e. The summed E-state index contributed by atoms with van der Waals surface area (Å²) in [6, 6.07) is 8.41. The van der Waals surface area contributed by atoms with Crippen LogP contribution in [0.15, 0.2) is 36.4 Å².